The van der Waals surface area contributed by atoms with Crippen molar-refractivity contribution < 1.29 is 29.1 Å². The number of carbonyl (C=O) groups is 5. The summed E-state index contributed by atoms with van der Waals surface area (Å²) in [5.41, 5.74) is 16.7. The number of primary amides is 1. The lowest BCUT2D eigenvalue weighted by molar-refractivity contribution is -0.144. The normalized spacial score (nSPS) is 17.4. The zero-order chi connectivity index (χ0) is 39.6. The maximum atomic E-state index is 14.0. The third kappa shape index (κ3) is 11.9. The van der Waals surface area contributed by atoms with Gasteiger partial charge in [-0.3, -0.25) is 24.0 Å². The molecule has 14 heteroatoms. The Morgan fingerprint density at radius 3 is 2.39 bits per heavy atom. The average molecular weight is 762 g/mol. The number of benzene rings is 2. The van der Waals surface area contributed by atoms with Crippen molar-refractivity contribution in [2.24, 2.45) is 16.9 Å². The lowest BCUT2D eigenvalue weighted by atomic mass is 9.85. The maximum Gasteiger partial charge on any atom is 0.246 e. The van der Waals surface area contributed by atoms with E-state index in [1.165, 1.54) is 4.90 Å². The number of β-amino-alcohol motifs (C(OH)–C–C–N with tert-alkyl or cyclic N) is 1. The summed E-state index contributed by atoms with van der Waals surface area (Å²) in [5, 5.41) is 19.3. The van der Waals surface area contributed by atoms with Crippen LogP contribution in [-0.4, -0.2) is 75.3 Å². The molecule has 1 aliphatic heterocycles. The maximum absolute atomic E-state index is 14.0. The SMILES string of the molecule is Cc1ncsc1-c1ccc([C@H](C)NC(=O)[C@@H]2C[C@@H](O)CN2C(=O)[C@@H](NC(=O)CCCCCc2cccc(NC(=O)[C@@H](N)CCC(N)=O)c2)C(C)(C)C)cc1. The number of nitrogens with one attached hydrogen (secondary N) is 3. The minimum absolute atomic E-state index is 0.00360. The van der Waals surface area contributed by atoms with Gasteiger partial charge in [0.2, 0.25) is 29.5 Å². The molecule has 54 heavy (non-hydrogen) atoms. The number of aliphatic hydroxyl groups excluding tert-OH is 1. The van der Waals surface area contributed by atoms with E-state index in [9.17, 15) is 29.1 Å². The number of likely N-dealkylation sites (tertiary alicyclic amines) is 1. The minimum atomic E-state index is -0.896. The summed E-state index contributed by atoms with van der Waals surface area (Å²) in [6, 6.07) is 12.4. The molecule has 0 spiro atoms. The molecule has 5 amide bonds. The van der Waals surface area contributed by atoms with Crippen LogP contribution in [0.15, 0.2) is 54.0 Å². The Bertz CT molecular complexity index is 1770. The molecule has 2 aromatic carbocycles. The number of anilines is 1. The molecule has 4 rings (SSSR count). The molecular weight excluding hydrogens is 707 g/mol. The predicted molar refractivity (Wildman–Crippen MR) is 210 cm³/mol. The first-order valence-electron chi connectivity index (χ1n) is 18.6. The monoisotopic (exact) mass is 761 g/mol. The van der Waals surface area contributed by atoms with E-state index in [1.54, 1.807) is 17.4 Å². The number of unbranched alkanes of at least 4 members (excludes halogenated alkanes) is 2. The fraction of sp³-hybridized carbons (Fsp3) is 0.500. The minimum Gasteiger partial charge on any atom is -0.391 e. The van der Waals surface area contributed by atoms with Crippen LogP contribution in [0.2, 0.25) is 0 Å². The van der Waals surface area contributed by atoms with E-state index in [4.69, 9.17) is 11.5 Å². The third-order valence-corrected chi connectivity index (χ3v) is 10.6. The van der Waals surface area contributed by atoms with Gasteiger partial charge < -0.3 is 37.4 Å². The molecule has 1 fully saturated rings. The van der Waals surface area contributed by atoms with Crippen molar-refractivity contribution in [1.29, 1.82) is 0 Å². The Kier molecular flexibility index (Phi) is 14.9. The Hall–Kier alpha value is -4.66. The molecule has 292 valence electrons. The van der Waals surface area contributed by atoms with Crippen molar-refractivity contribution in [3.63, 3.8) is 0 Å². The van der Waals surface area contributed by atoms with Crippen molar-refractivity contribution in [2.45, 2.75) is 116 Å². The van der Waals surface area contributed by atoms with E-state index >= 15 is 0 Å². The van der Waals surface area contributed by atoms with Gasteiger partial charge in [-0.15, -0.1) is 11.3 Å². The summed E-state index contributed by atoms with van der Waals surface area (Å²) in [7, 11) is 0. The number of nitrogens with zero attached hydrogens (tertiary/aromatic N) is 2. The fourth-order valence-electron chi connectivity index (χ4n) is 6.51. The van der Waals surface area contributed by atoms with Crippen LogP contribution in [-0.2, 0) is 30.4 Å². The van der Waals surface area contributed by atoms with Crippen molar-refractivity contribution in [3.05, 3.63) is 70.9 Å². The molecule has 2 heterocycles. The number of rotatable bonds is 17. The van der Waals surface area contributed by atoms with E-state index in [0.717, 1.165) is 46.5 Å². The molecule has 0 bridgehead atoms. The first kappa shape index (κ1) is 42.1. The lowest BCUT2D eigenvalue weighted by Gasteiger charge is -2.35. The highest BCUT2D eigenvalue weighted by Gasteiger charge is 2.44. The largest absolute Gasteiger partial charge is 0.391 e. The highest BCUT2D eigenvalue weighted by molar-refractivity contribution is 7.13. The van der Waals surface area contributed by atoms with Crippen LogP contribution < -0.4 is 27.4 Å². The molecule has 0 unspecified atom stereocenters. The molecule has 0 saturated carbocycles. The van der Waals surface area contributed by atoms with Gasteiger partial charge in [0, 0.05) is 31.5 Å². The first-order valence-corrected chi connectivity index (χ1v) is 19.4. The molecule has 3 aromatic rings. The highest BCUT2D eigenvalue weighted by atomic mass is 32.1. The number of aryl methyl sites for hydroxylation is 2. The van der Waals surface area contributed by atoms with Crippen LogP contribution in [0.25, 0.3) is 10.4 Å². The van der Waals surface area contributed by atoms with Crippen molar-refractivity contribution in [3.8, 4) is 10.4 Å². The van der Waals surface area contributed by atoms with E-state index < -0.39 is 41.5 Å². The van der Waals surface area contributed by atoms with Gasteiger partial charge in [-0.25, -0.2) is 4.98 Å². The molecule has 1 aliphatic rings. The summed E-state index contributed by atoms with van der Waals surface area (Å²) in [5.74, 6) is -1.91. The molecular formula is C40H55N7O6S. The number of aromatic nitrogens is 1. The molecule has 0 aliphatic carbocycles. The first-order chi connectivity index (χ1) is 25.5. The fourth-order valence-corrected chi connectivity index (χ4v) is 7.32. The van der Waals surface area contributed by atoms with Gasteiger partial charge in [0.15, 0.2) is 0 Å². The number of nitrogens with two attached hydrogens (primary N) is 2. The smallest absolute Gasteiger partial charge is 0.246 e. The van der Waals surface area contributed by atoms with Gasteiger partial charge in [-0.1, -0.05) is 63.6 Å². The quantitative estimate of drug-likeness (QED) is 0.110. The molecule has 13 nitrogen and oxygen atoms in total. The number of aliphatic hydroxyl groups is 1. The molecule has 0 radical (unpaired) electrons. The number of amides is 5. The summed E-state index contributed by atoms with van der Waals surface area (Å²) >= 11 is 1.57. The van der Waals surface area contributed by atoms with Gasteiger partial charge in [-0.2, -0.15) is 0 Å². The van der Waals surface area contributed by atoms with E-state index in [-0.39, 0.29) is 56.0 Å². The molecule has 1 aromatic heterocycles. The van der Waals surface area contributed by atoms with E-state index in [1.807, 2.05) is 82.6 Å². The van der Waals surface area contributed by atoms with Crippen LogP contribution in [0.5, 0.6) is 0 Å². The summed E-state index contributed by atoms with van der Waals surface area (Å²) in [6.45, 7) is 9.44. The Labute approximate surface area is 321 Å². The Morgan fingerprint density at radius 1 is 1.02 bits per heavy atom. The van der Waals surface area contributed by atoms with E-state index in [0.29, 0.717) is 12.1 Å². The van der Waals surface area contributed by atoms with Crippen LogP contribution in [0, 0.1) is 12.3 Å². The van der Waals surface area contributed by atoms with Crippen LogP contribution in [0.3, 0.4) is 0 Å². The van der Waals surface area contributed by atoms with E-state index in [2.05, 4.69) is 20.9 Å². The molecule has 1 saturated heterocycles. The van der Waals surface area contributed by atoms with Gasteiger partial charge in [0.05, 0.1) is 34.3 Å². The van der Waals surface area contributed by atoms with Crippen LogP contribution in [0.4, 0.5) is 5.69 Å². The van der Waals surface area contributed by atoms with Gasteiger partial charge in [0.25, 0.3) is 0 Å². The van der Waals surface area contributed by atoms with Crippen molar-refractivity contribution in [1.82, 2.24) is 20.5 Å². The molecule has 8 N–H and O–H groups in total. The van der Waals surface area contributed by atoms with Crippen molar-refractivity contribution >= 4 is 46.6 Å². The van der Waals surface area contributed by atoms with Gasteiger partial charge >= 0.3 is 0 Å². The highest BCUT2D eigenvalue weighted by Crippen LogP contribution is 2.30. The van der Waals surface area contributed by atoms with Crippen molar-refractivity contribution in [2.75, 3.05) is 11.9 Å². The van der Waals surface area contributed by atoms with Crippen LogP contribution in [0.1, 0.15) is 95.5 Å². The Balaban J connectivity index is 1.27. The number of carbonyl (C=O) groups excluding carboxylic acids is 5. The van der Waals surface area contributed by atoms with Crippen LogP contribution >= 0.6 is 11.3 Å². The second kappa shape index (κ2) is 19.1. The third-order valence-electron chi connectivity index (χ3n) is 9.66. The van der Waals surface area contributed by atoms with Gasteiger partial charge in [0.1, 0.15) is 12.1 Å². The topological polar surface area (TPSA) is 210 Å². The zero-order valence-electron chi connectivity index (χ0n) is 31.9. The second-order valence-electron chi connectivity index (χ2n) is 15.2. The average Bonchev–Trinajstić information content (AvgIpc) is 3.73. The zero-order valence-corrected chi connectivity index (χ0v) is 32.7. The second-order valence-corrected chi connectivity index (χ2v) is 16.1. The Morgan fingerprint density at radius 2 is 1.74 bits per heavy atom. The predicted octanol–water partition coefficient (Wildman–Crippen LogP) is 4.12. The number of hydrogen-bond acceptors (Lipinski definition) is 9. The number of thiazole rings is 1. The summed E-state index contributed by atoms with van der Waals surface area (Å²) < 4.78 is 0. The van der Waals surface area contributed by atoms with Gasteiger partial charge in [-0.05, 0) is 73.8 Å². The number of hydrogen-bond donors (Lipinski definition) is 6. The lowest BCUT2D eigenvalue weighted by Crippen LogP contribution is -2.57. The standard InChI is InChI=1S/C40H55N7O6S/c1-24(27-14-16-28(17-15-27)35-25(2)43-23-54-35)44-38(52)32-21-30(48)22-47(32)39(53)36(40(3,4)5)46-34(50)13-8-6-7-10-26-11-9-12-29(20-26)45-37(51)31(41)18-19-33(42)49/h9,11-12,14-17,20,23-24,30-32,36,48H,6-8,10,13,18-19,21-22,41H2,1-5H3,(H2,42,49)(H,44,52)(H,45,51)(H,46,50)/t24-,30+,31-,32-,36+/m0/s1. The summed E-state index contributed by atoms with van der Waals surface area (Å²) in [4.78, 5) is 70.9. The molecule has 5 atom stereocenters. The summed E-state index contributed by atoms with van der Waals surface area (Å²) in [6.07, 6.45) is 2.60.